The molecule has 1 aromatic heterocycles. The second kappa shape index (κ2) is 3.58. The van der Waals surface area contributed by atoms with Crippen molar-refractivity contribution in [1.82, 2.24) is 0 Å². The summed E-state index contributed by atoms with van der Waals surface area (Å²) in [5.74, 6) is 0.623. The van der Waals surface area contributed by atoms with Gasteiger partial charge in [0.15, 0.2) is 6.20 Å². The lowest BCUT2D eigenvalue weighted by Crippen LogP contribution is -2.25. The average Bonchev–Trinajstić information content (AvgIpc) is 2.23. The van der Waals surface area contributed by atoms with E-state index in [1.54, 1.807) is 12.1 Å². The van der Waals surface area contributed by atoms with Crippen molar-refractivity contribution >= 4 is 26.8 Å². The van der Waals surface area contributed by atoms with Crippen LogP contribution in [0.2, 0.25) is 0 Å². The predicted octanol–water partition coefficient (Wildman–Crippen LogP) is 1.95. The van der Waals surface area contributed by atoms with E-state index in [0.29, 0.717) is 25.9 Å². The predicted molar refractivity (Wildman–Crippen MR) is 58.8 cm³/mol. The molecule has 0 fully saturated rings. The van der Waals surface area contributed by atoms with Gasteiger partial charge in [-0.25, -0.2) is 0 Å². The first-order valence-electron chi connectivity index (χ1n) is 4.22. The third kappa shape index (κ3) is 1.59. The zero-order valence-corrected chi connectivity index (χ0v) is 9.48. The Hall–Kier alpha value is -1.49. The van der Waals surface area contributed by atoms with Crippen LogP contribution in [0.15, 0.2) is 28.9 Å². The third-order valence-electron chi connectivity index (χ3n) is 2.15. The summed E-state index contributed by atoms with van der Waals surface area (Å²) in [5, 5.41) is 21.5. The maximum absolute atomic E-state index is 11.4. The fourth-order valence-corrected chi connectivity index (χ4v) is 1.90. The second-order valence-corrected chi connectivity index (χ2v) is 3.89. The molecule has 2 rings (SSSR count). The number of nitrogens with zero attached hydrogens (tertiary/aromatic N) is 1. The van der Waals surface area contributed by atoms with Gasteiger partial charge >= 0.3 is 0 Å². The highest BCUT2D eigenvalue weighted by molar-refractivity contribution is 9.10. The van der Waals surface area contributed by atoms with Crippen LogP contribution in [-0.4, -0.2) is 12.2 Å². The number of hydrogen-bond donors (Lipinski definition) is 1. The molecule has 0 aliphatic rings. The zero-order chi connectivity index (χ0) is 11.0. The van der Waals surface area contributed by atoms with E-state index in [-0.39, 0.29) is 5.75 Å². The molecule has 0 saturated heterocycles. The molecule has 1 aromatic carbocycles. The van der Waals surface area contributed by atoms with Crippen LogP contribution in [0.4, 0.5) is 0 Å². The lowest BCUT2D eigenvalue weighted by molar-refractivity contribution is -0.577. The van der Waals surface area contributed by atoms with E-state index in [2.05, 4.69) is 15.9 Å². The highest BCUT2D eigenvalue weighted by Crippen LogP contribution is 2.32. The van der Waals surface area contributed by atoms with Crippen LogP contribution in [0.25, 0.3) is 10.9 Å². The van der Waals surface area contributed by atoms with Gasteiger partial charge in [0.2, 0.25) is 5.52 Å². The lowest BCUT2D eigenvalue weighted by Gasteiger charge is -2.07. The van der Waals surface area contributed by atoms with Gasteiger partial charge in [0, 0.05) is 6.07 Å². The number of fused-ring (bicyclic) bond motifs is 1. The summed E-state index contributed by atoms with van der Waals surface area (Å²) in [7, 11) is 1.52. The molecule has 1 N–H and O–H groups in total. The van der Waals surface area contributed by atoms with E-state index in [1.165, 1.54) is 19.4 Å². The molecule has 0 amide bonds. The van der Waals surface area contributed by atoms with E-state index in [9.17, 15) is 10.3 Å². The largest absolute Gasteiger partial charge is 0.618 e. The molecule has 0 saturated carbocycles. The first-order chi connectivity index (χ1) is 7.13. The minimum absolute atomic E-state index is 0.0699. The summed E-state index contributed by atoms with van der Waals surface area (Å²) in [5.41, 5.74) is 0.370. The quantitative estimate of drug-likeness (QED) is 0.636. The van der Waals surface area contributed by atoms with Crippen LogP contribution < -0.4 is 9.47 Å². The molecule has 0 aliphatic carbocycles. The van der Waals surface area contributed by atoms with Crippen LogP contribution in [0, 0.1) is 5.21 Å². The van der Waals surface area contributed by atoms with E-state index < -0.39 is 0 Å². The van der Waals surface area contributed by atoms with Crippen molar-refractivity contribution in [2.24, 2.45) is 0 Å². The number of rotatable bonds is 1. The van der Waals surface area contributed by atoms with Gasteiger partial charge in [0.25, 0.3) is 0 Å². The summed E-state index contributed by atoms with van der Waals surface area (Å²) in [4.78, 5) is 0. The monoisotopic (exact) mass is 269 g/mol. The number of ether oxygens (including phenoxy) is 1. The molecule has 15 heavy (non-hydrogen) atoms. The molecule has 0 radical (unpaired) electrons. The van der Waals surface area contributed by atoms with E-state index in [0.717, 1.165) is 0 Å². The van der Waals surface area contributed by atoms with Gasteiger partial charge < -0.3 is 15.1 Å². The average molecular weight is 270 g/mol. The van der Waals surface area contributed by atoms with E-state index >= 15 is 0 Å². The summed E-state index contributed by atoms with van der Waals surface area (Å²) < 4.78 is 6.45. The normalized spacial score (nSPS) is 10.5. The molecule has 1 heterocycles. The smallest absolute Gasteiger partial charge is 0.231 e. The maximum atomic E-state index is 11.4. The highest BCUT2D eigenvalue weighted by atomic mass is 79.9. The SMILES string of the molecule is COc1cc2c(cc1Br)c(O)cc[n+]2[O-]. The number of methoxy groups -OCH3 is 1. The number of halogens is 1. The molecular weight excluding hydrogens is 262 g/mol. The number of aromatic hydroxyl groups is 1. The molecule has 2 aromatic rings. The van der Waals surface area contributed by atoms with Crippen molar-refractivity contribution in [1.29, 1.82) is 0 Å². The fraction of sp³-hybridized carbons (Fsp3) is 0.100. The third-order valence-corrected chi connectivity index (χ3v) is 2.77. The minimum Gasteiger partial charge on any atom is -0.618 e. The van der Waals surface area contributed by atoms with Gasteiger partial charge in [-0.3, -0.25) is 0 Å². The van der Waals surface area contributed by atoms with Crippen molar-refractivity contribution in [3.63, 3.8) is 0 Å². The van der Waals surface area contributed by atoms with Crippen LogP contribution in [0.3, 0.4) is 0 Å². The van der Waals surface area contributed by atoms with Gasteiger partial charge in [-0.15, -0.1) is 0 Å². The van der Waals surface area contributed by atoms with Crippen LogP contribution in [0.1, 0.15) is 0 Å². The zero-order valence-electron chi connectivity index (χ0n) is 7.90. The number of aromatic nitrogens is 1. The Labute approximate surface area is 94.4 Å². The van der Waals surface area contributed by atoms with Gasteiger partial charge in [-0.2, -0.15) is 4.73 Å². The Morgan fingerprint density at radius 2 is 2.20 bits per heavy atom. The Morgan fingerprint density at radius 1 is 1.47 bits per heavy atom. The summed E-state index contributed by atoms with van der Waals surface area (Å²) in [6.07, 6.45) is 1.25. The van der Waals surface area contributed by atoms with E-state index in [4.69, 9.17) is 4.74 Å². The lowest BCUT2D eigenvalue weighted by atomic mass is 10.2. The molecule has 0 spiro atoms. The first-order valence-corrected chi connectivity index (χ1v) is 5.01. The molecule has 4 nitrogen and oxygen atoms in total. The Morgan fingerprint density at radius 3 is 2.87 bits per heavy atom. The molecule has 0 bridgehead atoms. The van der Waals surface area contributed by atoms with Crippen LogP contribution >= 0.6 is 15.9 Å². The molecule has 0 atom stereocenters. The number of hydrogen-bond acceptors (Lipinski definition) is 3. The summed E-state index contributed by atoms with van der Waals surface area (Å²) in [6, 6.07) is 4.58. The molecule has 0 aliphatic heterocycles. The van der Waals surface area contributed by atoms with Gasteiger partial charge in [0.1, 0.15) is 11.5 Å². The van der Waals surface area contributed by atoms with Crippen molar-refractivity contribution in [2.45, 2.75) is 0 Å². The Balaban J connectivity index is 2.86. The minimum atomic E-state index is 0.0699. The highest BCUT2D eigenvalue weighted by Gasteiger charge is 2.12. The van der Waals surface area contributed by atoms with Crippen molar-refractivity contribution < 1.29 is 14.6 Å². The Kier molecular flexibility index (Phi) is 2.40. The van der Waals surface area contributed by atoms with E-state index in [1.807, 2.05) is 0 Å². The fourth-order valence-electron chi connectivity index (χ4n) is 1.39. The summed E-state index contributed by atoms with van der Waals surface area (Å²) >= 11 is 3.29. The summed E-state index contributed by atoms with van der Waals surface area (Å²) in [6.45, 7) is 0. The number of benzene rings is 1. The molecule has 5 heteroatoms. The van der Waals surface area contributed by atoms with Gasteiger partial charge in [0.05, 0.1) is 23.0 Å². The number of pyridine rings is 1. The van der Waals surface area contributed by atoms with Crippen molar-refractivity contribution in [3.05, 3.63) is 34.1 Å². The van der Waals surface area contributed by atoms with Gasteiger partial charge in [-0.05, 0) is 22.0 Å². The van der Waals surface area contributed by atoms with Crippen molar-refractivity contribution in [2.75, 3.05) is 7.11 Å². The van der Waals surface area contributed by atoms with Crippen molar-refractivity contribution in [3.8, 4) is 11.5 Å². The maximum Gasteiger partial charge on any atom is 0.231 e. The molecular formula is C10H8BrNO3. The molecule has 0 unspecified atom stereocenters. The molecule has 78 valence electrons. The topological polar surface area (TPSA) is 56.4 Å². The van der Waals surface area contributed by atoms with Gasteiger partial charge in [-0.1, -0.05) is 0 Å². The van der Waals surface area contributed by atoms with Crippen LogP contribution in [-0.2, 0) is 0 Å². The standard InChI is InChI=1S/C10H8BrNO3/c1-15-10-5-8-6(4-7(10)11)9(13)2-3-12(8)14/h2-5,13H,1H3. The Bertz CT molecular complexity index is 528. The van der Waals surface area contributed by atoms with Crippen LogP contribution in [0.5, 0.6) is 11.5 Å². The second-order valence-electron chi connectivity index (χ2n) is 3.03. The first kappa shape index (κ1) is 10.0.